The van der Waals surface area contributed by atoms with Crippen LogP contribution in [0.25, 0.3) is 0 Å². The van der Waals surface area contributed by atoms with Gasteiger partial charge >= 0.3 is 6.03 Å². The molecule has 0 spiro atoms. The lowest BCUT2D eigenvalue weighted by Crippen LogP contribution is -2.49. The van der Waals surface area contributed by atoms with Crippen molar-refractivity contribution < 1.29 is 14.3 Å². The molecule has 6 nitrogen and oxygen atoms in total. The third-order valence-corrected chi connectivity index (χ3v) is 8.28. The predicted molar refractivity (Wildman–Crippen MR) is 155 cm³/mol. The van der Waals surface area contributed by atoms with Crippen LogP contribution in [0.2, 0.25) is 0 Å². The molecule has 4 rings (SSSR count). The number of benzene rings is 2. The highest BCUT2D eigenvalue weighted by atomic mass is 32.1. The molecule has 1 aliphatic heterocycles. The van der Waals surface area contributed by atoms with Gasteiger partial charge < -0.3 is 19.9 Å². The number of amides is 3. The maximum Gasteiger partial charge on any atom is 0.322 e. The normalized spacial score (nSPS) is 15.5. The van der Waals surface area contributed by atoms with E-state index in [1.54, 1.807) is 16.2 Å². The van der Waals surface area contributed by atoms with Gasteiger partial charge in [-0.05, 0) is 73.9 Å². The molecule has 1 aliphatic rings. The van der Waals surface area contributed by atoms with E-state index in [0.29, 0.717) is 19.7 Å². The van der Waals surface area contributed by atoms with Gasteiger partial charge in [-0.25, -0.2) is 4.79 Å². The van der Waals surface area contributed by atoms with E-state index < -0.39 is 0 Å². The molecule has 0 saturated carbocycles. The van der Waals surface area contributed by atoms with Crippen molar-refractivity contribution in [1.29, 1.82) is 0 Å². The van der Waals surface area contributed by atoms with Crippen molar-refractivity contribution in [2.24, 2.45) is 5.92 Å². The van der Waals surface area contributed by atoms with Crippen molar-refractivity contribution in [3.8, 4) is 5.75 Å². The van der Waals surface area contributed by atoms with Gasteiger partial charge in [-0.3, -0.25) is 4.79 Å². The first-order valence-corrected chi connectivity index (χ1v) is 14.3. The fourth-order valence-corrected chi connectivity index (χ4v) is 5.75. The van der Waals surface area contributed by atoms with E-state index in [1.807, 2.05) is 55.1 Å². The number of nitrogens with one attached hydrogen (secondary N) is 1. The molecule has 2 atom stereocenters. The van der Waals surface area contributed by atoms with Crippen LogP contribution in [0.15, 0.2) is 53.9 Å². The van der Waals surface area contributed by atoms with Crippen LogP contribution in [0, 0.1) is 26.7 Å². The van der Waals surface area contributed by atoms with E-state index in [1.165, 1.54) is 10.4 Å². The van der Waals surface area contributed by atoms with Crippen LogP contribution in [0.1, 0.15) is 53.4 Å². The highest BCUT2D eigenvalue weighted by molar-refractivity contribution is 7.10. The van der Waals surface area contributed by atoms with Crippen LogP contribution in [0.4, 0.5) is 10.5 Å². The van der Waals surface area contributed by atoms with Crippen molar-refractivity contribution >= 4 is 29.0 Å². The number of carbonyl (C=O) groups is 2. The number of rotatable bonds is 9. The molecule has 0 bridgehead atoms. The van der Waals surface area contributed by atoms with E-state index in [4.69, 9.17) is 4.74 Å². The van der Waals surface area contributed by atoms with Gasteiger partial charge in [-0.1, -0.05) is 55.7 Å². The van der Waals surface area contributed by atoms with Gasteiger partial charge in [0.1, 0.15) is 18.9 Å². The van der Waals surface area contributed by atoms with Gasteiger partial charge in [0, 0.05) is 23.7 Å². The maximum absolute atomic E-state index is 13.8. The van der Waals surface area contributed by atoms with Gasteiger partial charge in [0.25, 0.3) is 0 Å². The molecule has 0 aliphatic carbocycles. The van der Waals surface area contributed by atoms with Gasteiger partial charge in [-0.15, -0.1) is 11.3 Å². The number of ether oxygens (including phenoxy) is 1. The number of aryl methyl sites for hydroxylation is 3. The maximum atomic E-state index is 13.8. The summed E-state index contributed by atoms with van der Waals surface area (Å²) in [7, 11) is 0. The monoisotopic (exact) mass is 533 g/mol. The zero-order valence-electron chi connectivity index (χ0n) is 23.1. The largest absolute Gasteiger partial charge is 0.491 e. The number of fused-ring (bicyclic) bond motifs is 1. The molecule has 7 heteroatoms. The fourth-order valence-electron chi connectivity index (χ4n) is 4.82. The molecule has 1 N–H and O–H groups in total. The molecule has 0 unspecified atom stereocenters. The van der Waals surface area contributed by atoms with Gasteiger partial charge in [0.2, 0.25) is 5.91 Å². The Bertz CT molecular complexity index is 1250. The molecule has 3 aromatic rings. The van der Waals surface area contributed by atoms with E-state index >= 15 is 0 Å². The average Bonchev–Trinajstić information content (AvgIpc) is 3.38. The van der Waals surface area contributed by atoms with E-state index in [2.05, 4.69) is 43.6 Å². The summed E-state index contributed by atoms with van der Waals surface area (Å²) < 4.78 is 6.28. The van der Waals surface area contributed by atoms with Crippen LogP contribution >= 0.6 is 11.3 Å². The molecule has 0 saturated heterocycles. The van der Waals surface area contributed by atoms with Crippen molar-refractivity contribution in [2.75, 3.05) is 31.6 Å². The van der Waals surface area contributed by atoms with E-state index in [-0.39, 0.29) is 30.4 Å². The minimum atomic E-state index is -0.251. The second-order valence-corrected chi connectivity index (χ2v) is 11.4. The lowest BCUT2D eigenvalue weighted by molar-refractivity contribution is -0.135. The Labute approximate surface area is 230 Å². The molecule has 3 amide bonds. The lowest BCUT2D eigenvalue weighted by Gasteiger charge is -2.37. The number of hydrogen-bond acceptors (Lipinski definition) is 4. The summed E-state index contributed by atoms with van der Waals surface area (Å²) in [5, 5.41) is 5.07. The molecule has 2 aromatic carbocycles. The quantitative estimate of drug-likeness (QED) is 0.331. The van der Waals surface area contributed by atoms with Crippen molar-refractivity contribution in [1.82, 2.24) is 9.80 Å². The summed E-state index contributed by atoms with van der Waals surface area (Å²) in [6, 6.07) is 15.5. The summed E-state index contributed by atoms with van der Waals surface area (Å²) in [6.07, 6.45) is 1.75. The summed E-state index contributed by atoms with van der Waals surface area (Å²) in [5.41, 5.74) is 5.27. The average molecular weight is 534 g/mol. The topological polar surface area (TPSA) is 61.9 Å². The van der Waals surface area contributed by atoms with E-state index in [0.717, 1.165) is 41.0 Å². The zero-order valence-corrected chi connectivity index (χ0v) is 23.9. The minimum absolute atomic E-state index is 0.0293. The van der Waals surface area contributed by atoms with Crippen molar-refractivity contribution in [2.45, 2.75) is 53.5 Å². The zero-order chi connectivity index (χ0) is 27.2. The molecule has 0 fully saturated rings. The van der Waals surface area contributed by atoms with Crippen LogP contribution in [-0.2, 0) is 11.2 Å². The third-order valence-electron chi connectivity index (χ3n) is 7.29. The summed E-state index contributed by atoms with van der Waals surface area (Å²) >= 11 is 1.73. The molecule has 0 radical (unpaired) electrons. The van der Waals surface area contributed by atoms with Crippen molar-refractivity contribution in [3.63, 3.8) is 0 Å². The first-order chi connectivity index (χ1) is 18.2. The smallest absolute Gasteiger partial charge is 0.322 e. The molecule has 1 aromatic heterocycles. The molecule has 202 valence electrons. The highest BCUT2D eigenvalue weighted by Gasteiger charge is 2.34. The molecule has 2 heterocycles. The Kier molecular flexibility index (Phi) is 9.10. The number of nitrogens with zero attached hydrogens (tertiary/aromatic N) is 2. The number of thiophene rings is 1. The number of urea groups is 1. The number of carbonyl (C=O) groups excluding carboxylic acids is 2. The van der Waals surface area contributed by atoms with Crippen LogP contribution in [0.5, 0.6) is 5.75 Å². The van der Waals surface area contributed by atoms with E-state index in [9.17, 15) is 9.59 Å². The number of hydrogen-bond donors (Lipinski definition) is 1. The predicted octanol–water partition coefficient (Wildman–Crippen LogP) is 6.76. The Morgan fingerprint density at radius 1 is 1.11 bits per heavy atom. The third kappa shape index (κ3) is 6.76. The standard InChI is InChI=1S/C31H39N3O3S/c1-6-21(2)18-33(31(36)32-25-10-7-22(3)8-11-25)19-30(35)34-15-13-29-26(14-16-38-29)27(34)20-37-28-12-9-23(4)17-24(28)5/h7-12,14,16-17,21,27H,6,13,15,18-20H2,1-5H3,(H,32,36)/t21-,27+/m1/s1. The molecular formula is C31H39N3O3S. The van der Waals surface area contributed by atoms with Gasteiger partial charge in [0.05, 0.1) is 6.04 Å². The first-order valence-electron chi connectivity index (χ1n) is 13.4. The minimum Gasteiger partial charge on any atom is -0.491 e. The van der Waals surface area contributed by atoms with Crippen molar-refractivity contribution in [3.05, 3.63) is 81.0 Å². The summed E-state index contributed by atoms with van der Waals surface area (Å²) in [6.45, 7) is 11.9. The Morgan fingerprint density at radius 3 is 2.55 bits per heavy atom. The van der Waals surface area contributed by atoms with Crippen LogP contribution in [-0.4, -0.2) is 48.0 Å². The molecular weight excluding hydrogens is 494 g/mol. The second kappa shape index (κ2) is 12.5. The number of anilines is 1. The van der Waals surface area contributed by atoms with Gasteiger partial charge in [-0.2, -0.15) is 0 Å². The second-order valence-electron chi connectivity index (χ2n) is 10.4. The SMILES string of the molecule is CC[C@@H](C)CN(CC(=O)N1CCc2sccc2[C@@H]1COc1ccc(C)cc1C)C(=O)Nc1ccc(C)cc1. The summed E-state index contributed by atoms with van der Waals surface area (Å²) in [5.74, 6) is 1.06. The highest BCUT2D eigenvalue weighted by Crippen LogP contribution is 2.34. The van der Waals surface area contributed by atoms with Crippen LogP contribution in [0.3, 0.4) is 0 Å². The Balaban J connectivity index is 1.51. The molecule has 38 heavy (non-hydrogen) atoms. The van der Waals surface area contributed by atoms with Gasteiger partial charge in [0.15, 0.2) is 0 Å². The summed E-state index contributed by atoms with van der Waals surface area (Å²) in [4.78, 5) is 32.0. The Hall–Kier alpha value is -3.32. The lowest BCUT2D eigenvalue weighted by atomic mass is 10.00. The first kappa shape index (κ1) is 27.7. The van der Waals surface area contributed by atoms with Crippen LogP contribution < -0.4 is 10.1 Å². The fraction of sp³-hybridized carbons (Fsp3) is 0.419. The Morgan fingerprint density at radius 2 is 1.84 bits per heavy atom.